The van der Waals surface area contributed by atoms with Crippen molar-refractivity contribution < 1.29 is 9.47 Å². The molecule has 1 unspecified atom stereocenters. The molecule has 0 spiro atoms. The predicted octanol–water partition coefficient (Wildman–Crippen LogP) is 2.86. The number of rotatable bonds is 9. The number of halogens is 1. The summed E-state index contributed by atoms with van der Waals surface area (Å²) in [6.07, 6.45) is 0. The summed E-state index contributed by atoms with van der Waals surface area (Å²) in [4.78, 5) is 9.44. The third-order valence-corrected chi connectivity index (χ3v) is 4.64. The lowest BCUT2D eigenvalue weighted by Gasteiger charge is -2.29. The molecule has 1 heterocycles. The summed E-state index contributed by atoms with van der Waals surface area (Å²) in [6, 6.07) is 8.17. The van der Waals surface area contributed by atoms with E-state index in [9.17, 15) is 0 Å². The zero-order valence-corrected chi connectivity index (χ0v) is 20.1. The van der Waals surface area contributed by atoms with Crippen molar-refractivity contribution in [1.82, 2.24) is 15.1 Å². The van der Waals surface area contributed by atoms with Crippen molar-refractivity contribution in [3.63, 3.8) is 0 Å². The highest BCUT2D eigenvalue weighted by Crippen LogP contribution is 2.11. The fourth-order valence-corrected chi connectivity index (χ4v) is 3.04. The van der Waals surface area contributed by atoms with Crippen LogP contribution in [0.25, 0.3) is 0 Å². The predicted molar refractivity (Wildman–Crippen MR) is 127 cm³/mol. The molecule has 7 heteroatoms. The molecule has 0 saturated carbocycles. The smallest absolute Gasteiger partial charge is 0.193 e. The molecule has 0 aromatic heterocycles. The molecule has 6 nitrogen and oxygen atoms in total. The Labute approximate surface area is 187 Å². The Bertz CT molecular complexity index is 562. The van der Waals surface area contributed by atoms with E-state index in [-0.39, 0.29) is 24.0 Å². The Kier molecular flexibility index (Phi) is 12.5. The molecular weight excluding hydrogens is 467 g/mol. The molecule has 1 aliphatic rings. The molecule has 1 aromatic rings. The van der Waals surface area contributed by atoms with E-state index in [4.69, 9.17) is 14.5 Å². The number of ether oxygens (including phenoxy) is 2. The molecule has 1 aromatic carbocycles. The second kappa shape index (κ2) is 14.0. The molecule has 160 valence electrons. The van der Waals surface area contributed by atoms with Crippen LogP contribution in [-0.4, -0.2) is 81.9 Å². The van der Waals surface area contributed by atoms with Crippen LogP contribution in [0.2, 0.25) is 0 Å². The maximum Gasteiger partial charge on any atom is 0.193 e. The van der Waals surface area contributed by atoms with Gasteiger partial charge in [0.25, 0.3) is 0 Å². The van der Waals surface area contributed by atoms with Gasteiger partial charge < -0.3 is 19.7 Å². The summed E-state index contributed by atoms with van der Waals surface area (Å²) in [5.41, 5.74) is 1.24. The van der Waals surface area contributed by atoms with Gasteiger partial charge in [-0.25, -0.2) is 0 Å². The van der Waals surface area contributed by atoms with Gasteiger partial charge in [-0.05, 0) is 31.9 Å². The summed E-state index contributed by atoms with van der Waals surface area (Å²) < 4.78 is 11.3. The van der Waals surface area contributed by atoms with Gasteiger partial charge in [0.2, 0.25) is 0 Å². The first-order valence-electron chi connectivity index (χ1n) is 10.1. The van der Waals surface area contributed by atoms with Crippen LogP contribution in [0.5, 0.6) is 5.75 Å². The van der Waals surface area contributed by atoms with Crippen LogP contribution in [0.3, 0.4) is 0 Å². The number of guanidine groups is 1. The lowest BCUT2D eigenvalue weighted by atomic mass is 10.1. The molecule has 0 radical (unpaired) electrons. The van der Waals surface area contributed by atoms with E-state index < -0.39 is 0 Å². The molecule has 2 rings (SSSR count). The standard InChI is InChI=1S/C21H36N4O2.HI/c1-5-22-21(23-16-19(3)17-25-11-13-26-14-12-25)24(4)10-15-27-20-8-6-18(2)7-9-20;/h6-9,19H,5,10-17H2,1-4H3,(H,22,23);1H. The lowest BCUT2D eigenvalue weighted by Crippen LogP contribution is -2.42. The molecule has 28 heavy (non-hydrogen) atoms. The molecule has 1 N–H and O–H groups in total. The lowest BCUT2D eigenvalue weighted by molar-refractivity contribution is 0.0323. The fourth-order valence-electron chi connectivity index (χ4n) is 3.04. The van der Waals surface area contributed by atoms with Crippen LogP contribution < -0.4 is 10.1 Å². The Morgan fingerprint density at radius 2 is 1.96 bits per heavy atom. The van der Waals surface area contributed by atoms with E-state index in [0.29, 0.717) is 12.5 Å². The van der Waals surface area contributed by atoms with E-state index in [2.05, 4.69) is 55.1 Å². The van der Waals surface area contributed by atoms with Gasteiger partial charge in [-0.3, -0.25) is 9.89 Å². The highest BCUT2D eigenvalue weighted by atomic mass is 127. The van der Waals surface area contributed by atoms with Crippen molar-refractivity contribution in [2.24, 2.45) is 10.9 Å². The van der Waals surface area contributed by atoms with Gasteiger partial charge in [-0.2, -0.15) is 0 Å². The Balaban J connectivity index is 0.00000392. The number of benzene rings is 1. The van der Waals surface area contributed by atoms with E-state index in [1.54, 1.807) is 0 Å². The average Bonchev–Trinajstić information content (AvgIpc) is 2.67. The van der Waals surface area contributed by atoms with Crippen molar-refractivity contribution in [3.8, 4) is 5.75 Å². The molecule has 1 saturated heterocycles. The van der Waals surface area contributed by atoms with Gasteiger partial charge in [-0.1, -0.05) is 24.6 Å². The summed E-state index contributed by atoms with van der Waals surface area (Å²) in [6.45, 7) is 14.4. The van der Waals surface area contributed by atoms with Crippen molar-refractivity contribution in [2.45, 2.75) is 20.8 Å². The number of likely N-dealkylation sites (N-methyl/N-ethyl adjacent to an activating group) is 1. The van der Waals surface area contributed by atoms with Gasteiger partial charge >= 0.3 is 0 Å². The summed E-state index contributed by atoms with van der Waals surface area (Å²) >= 11 is 0. The van der Waals surface area contributed by atoms with Gasteiger partial charge in [0.15, 0.2) is 5.96 Å². The van der Waals surface area contributed by atoms with Crippen LogP contribution in [0.4, 0.5) is 0 Å². The van der Waals surface area contributed by atoms with Crippen LogP contribution >= 0.6 is 24.0 Å². The van der Waals surface area contributed by atoms with E-state index >= 15 is 0 Å². The monoisotopic (exact) mass is 504 g/mol. The topological polar surface area (TPSA) is 49.3 Å². The van der Waals surface area contributed by atoms with E-state index in [1.807, 2.05) is 12.1 Å². The first kappa shape index (κ1) is 25.0. The van der Waals surface area contributed by atoms with Gasteiger partial charge in [0.05, 0.1) is 19.8 Å². The largest absolute Gasteiger partial charge is 0.492 e. The number of morpholine rings is 1. The van der Waals surface area contributed by atoms with Crippen molar-refractivity contribution in [1.29, 1.82) is 0 Å². The van der Waals surface area contributed by atoms with Crippen molar-refractivity contribution >= 4 is 29.9 Å². The second-order valence-electron chi connectivity index (χ2n) is 7.30. The molecule has 0 amide bonds. The minimum absolute atomic E-state index is 0. The summed E-state index contributed by atoms with van der Waals surface area (Å²) in [5.74, 6) is 2.38. The Morgan fingerprint density at radius 1 is 1.29 bits per heavy atom. The Morgan fingerprint density at radius 3 is 2.61 bits per heavy atom. The normalized spacial score (nSPS) is 16.2. The van der Waals surface area contributed by atoms with Crippen LogP contribution in [0, 0.1) is 12.8 Å². The summed E-state index contributed by atoms with van der Waals surface area (Å²) in [7, 11) is 2.06. The molecule has 0 bridgehead atoms. The number of hydrogen-bond donors (Lipinski definition) is 1. The third-order valence-electron chi connectivity index (χ3n) is 4.64. The first-order valence-corrected chi connectivity index (χ1v) is 10.1. The zero-order chi connectivity index (χ0) is 19.5. The third kappa shape index (κ3) is 9.43. The van der Waals surface area contributed by atoms with Gasteiger partial charge in [0, 0.05) is 39.8 Å². The Hall–Kier alpha value is -1.06. The van der Waals surface area contributed by atoms with E-state index in [1.165, 1.54) is 5.56 Å². The van der Waals surface area contributed by atoms with Crippen LogP contribution in [-0.2, 0) is 4.74 Å². The number of nitrogens with one attached hydrogen (secondary N) is 1. The van der Waals surface area contributed by atoms with Crippen molar-refractivity contribution in [3.05, 3.63) is 29.8 Å². The van der Waals surface area contributed by atoms with Gasteiger partial charge in [0.1, 0.15) is 12.4 Å². The number of nitrogens with zero attached hydrogens (tertiary/aromatic N) is 3. The molecule has 1 fully saturated rings. The van der Waals surface area contributed by atoms with E-state index in [0.717, 1.165) is 64.2 Å². The number of aryl methyl sites for hydroxylation is 1. The minimum Gasteiger partial charge on any atom is -0.492 e. The van der Waals surface area contributed by atoms with Crippen LogP contribution in [0.1, 0.15) is 19.4 Å². The minimum atomic E-state index is 0. The summed E-state index contributed by atoms with van der Waals surface area (Å²) in [5, 5.41) is 3.38. The zero-order valence-electron chi connectivity index (χ0n) is 17.8. The first-order chi connectivity index (χ1) is 13.1. The number of hydrogen-bond acceptors (Lipinski definition) is 4. The number of aliphatic imine (C=N–C) groups is 1. The maximum atomic E-state index is 5.84. The molecule has 1 atom stereocenters. The average molecular weight is 504 g/mol. The highest BCUT2D eigenvalue weighted by Gasteiger charge is 2.14. The molecule has 1 aliphatic heterocycles. The molecular formula is C21H37IN4O2. The molecule has 0 aliphatic carbocycles. The van der Waals surface area contributed by atoms with Crippen LogP contribution in [0.15, 0.2) is 29.3 Å². The fraction of sp³-hybridized carbons (Fsp3) is 0.667. The SMILES string of the molecule is CCNC(=NCC(C)CN1CCOCC1)N(C)CCOc1ccc(C)cc1.I. The maximum absolute atomic E-state index is 5.84. The highest BCUT2D eigenvalue weighted by molar-refractivity contribution is 14.0. The van der Waals surface area contributed by atoms with Crippen molar-refractivity contribution in [2.75, 3.05) is 66.1 Å². The van der Waals surface area contributed by atoms with Gasteiger partial charge in [-0.15, -0.1) is 24.0 Å². The second-order valence-corrected chi connectivity index (χ2v) is 7.30. The quantitative estimate of drug-likeness (QED) is 0.319.